The third kappa shape index (κ3) is 5.52. The molecular formula is C20H21BrO5. The molecule has 0 aliphatic heterocycles. The highest BCUT2D eigenvalue weighted by molar-refractivity contribution is 9.09. The molecule has 0 aromatic heterocycles. The normalized spacial score (nSPS) is 11.0. The molecule has 0 N–H and O–H groups in total. The van der Waals surface area contributed by atoms with Crippen molar-refractivity contribution in [3.63, 3.8) is 0 Å². The second-order valence-corrected chi connectivity index (χ2v) is 5.95. The van der Waals surface area contributed by atoms with Gasteiger partial charge in [-0.2, -0.15) is 0 Å². The predicted octanol–water partition coefficient (Wildman–Crippen LogP) is 4.35. The fraction of sp³-hybridized carbons (Fsp3) is 0.250. The third-order valence-electron chi connectivity index (χ3n) is 3.62. The van der Waals surface area contributed by atoms with Crippen molar-refractivity contribution in [3.8, 4) is 17.2 Å². The number of carbonyl (C=O) groups is 1. The first-order valence-corrected chi connectivity index (χ1v) is 9.01. The van der Waals surface area contributed by atoms with Crippen molar-refractivity contribution in [1.29, 1.82) is 0 Å². The molecule has 6 heteroatoms. The van der Waals surface area contributed by atoms with E-state index in [0.717, 1.165) is 11.1 Å². The molecule has 0 unspecified atom stereocenters. The van der Waals surface area contributed by atoms with E-state index in [4.69, 9.17) is 18.9 Å². The van der Waals surface area contributed by atoms with E-state index in [1.165, 1.54) is 7.11 Å². The number of hydrogen-bond acceptors (Lipinski definition) is 5. The number of esters is 1. The summed E-state index contributed by atoms with van der Waals surface area (Å²) in [7, 11) is 4.56. The summed E-state index contributed by atoms with van der Waals surface area (Å²) >= 11 is 3.48. The Morgan fingerprint density at radius 3 is 2.04 bits per heavy atom. The number of methoxy groups -OCH3 is 3. The summed E-state index contributed by atoms with van der Waals surface area (Å²) in [5.74, 6) is 1.65. The Labute approximate surface area is 161 Å². The van der Waals surface area contributed by atoms with Crippen LogP contribution in [-0.4, -0.2) is 39.2 Å². The van der Waals surface area contributed by atoms with Gasteiger partial charge in [0.1, 0.15) is 23.9 Å². The minimum Gasteiger partial charge on any atom is -0.496 e. The molecular weight excluding hydrogens is 400 g/mol. The van der Waals surface area contributed by atoms with Gasteiger partial charge in [0.2, 0.25) is 0 Å². The van der Waals surface area contributed by atoms with Gasteiger partial charge in [-0.1, -0.05) is 34.1 Å². The van der Waals surface area contributed by atoms with Gasteiger partial charge in [-0.3, -0.25) is 0 Å². The highest BCUT2D eigenvalue weighted by Crippen LogP contribution is 2.27. The molecule has 0 spiro atoms. The average Bonchev–Trinajstić information content (AvgIpc) is 2.70. The average molecular weight is 421 g/mol. The van der Waals surface area contributed by atoms with Gasteiger partial charge in [-0.25, -0.2) is 4.79 Å². The van der Waals surface area contributed by atoms with Gasteiger partial charge in [0.05, 0.1) is 26.9 Å². The zero-order chi connectivity index (χ0) is 18.9. The van der Waals surface area contributed by atoms with Gasteiger partial charge < -0.3 is 18.9 Å². The molecule has 0 saturated carbocycles. The molecule has 0 amide bonds. The van der Waals surface area contributed by atoms with Crippen molar-refractivity contribution >= 4 is 28.0 Å². The van der Waals surface area contributed by atoms with Gasteiger partial charge in [0.25, 0.3) is 0 Å². The molecule has 0 heterocycles. The predicted molar refractivity (Wildman–Crippen MR) is 105 cm³/mol. The van der Waals surface area contributed by atoms with Crippen molar-refractivity contribution in [2.24, 2.45) is 0 Å². The smallest absolute Gasteiger partial charge is 0.337 e. The largest absolute Gasteiger partial charge is 0.496 e. The number of ether oxygens (including phenoxy) is 4. The van der Waals surface area contributed by atoms with Gasteiger partial charge in [0.15, 0.2) is 0 Å². The SMILES string of the molecule is COC(=O)c1ccc(/C=C(\CBr)COc2cc(OC)cc(OC)c2)cc1. The van der Waals surface area contributed by atoms with Crippen LogP contribution in [0, 0.1) is 0 Å². The number of alkyl halides is 1. The van der Waals surface area contributed by atoms with E-state index in [1.54, 1.807) is 44.6 Å². The fourth-order valence-corrected chi connectivity index (χ4v) is 2.55. The maximum absolute atomic E-state index is 11.5. The Kier molecular flexibility index (Phi) is 7.53. The second kappa shape index (κ2) is 9.87. The van der Waals surface area contributed by atoms with Crippen LogP contribution in [0.4, 0.5) is 0 Å². The first-order valence-electron chi connectivity index (χ1n) is 7.89. The molecule has 0 radical (unpaired) electrons. The van der Waals surface area contributed by atoms with Crippen LogP contribution < -0.4 is 14.2 Å². The summed E-state index contributed by atoms with van der Waals surface area (Å²) < 4.78 is 21.1. The Morgan fingerprint density at radius 2 is 1.54 bits per heavy atom. The van der Waals surface area contributed by atoms with Crippen LogP contribution in [-0.2, 0) is 4.74 Å². The second-order valence-electron chi connectivity index (χ2n) is 5.39. The minimum absolute atomic E-state index is 0.350. The van der Waals surface area contributed by atoms with E-state index in [2.05, 4.69) is 15.9 Å². The quantitative estimate of drug-likeness (QED) is 0.469. The maximum Gasteiger partial charge on any atom is 0.337 e. The first-order chi connectivity index (χ1) is 12.6. The van der Waals surface area contributed by atoms with Crippen LogP contribution in [0.25, 0.3) is 6.08 Å². The van der Waals surface area contributed by atoms with E-state index < -0.39 is 0 Å². The molecule has 26 heavy (non-hydrogen) atoms. The molecule has 0 saturated heterocycles. The Bertz CT molecular complexity index is 746. The molecule has 0 fully saturated rings. The summed E-state index contributed by atoms with van der Waals surface area (Å²) in [5, 5.41) is 0.660. The van der Waals surface area contributed by atoms with Crippen molar-refractivity contribution in [2.45, 2.75) is 0 Å². The van der Waals surface area contributed by atoms with Gasteiger partial charge in [-0.15, -0.1) is 0 Å². The molecule has 0 atom stereocenters. The number of halogens is 1. The lowest BCUT2D eigenvalue weighted by molar-refractivity contribution is 0.0600. The molecule has 0 bridgehead atoms. The van der Waals surface area contributed by atoms with E-state index in [9.17, 15) is 4.79 Å². The lowest BCUT2D eigenvalue weighted by Gasteiger charge is -2.11. The standard InChI is InChI=1S/C20H21BrO5/c1-23-17-9-18(24-2)11-19(10-17)26-13-15(12-21)8-14-4-6-16(7-5-14)20(22)25-3/h4-11H,12-13H2,1-3H3/b15-8+. The van der Waals surface area contributed by atoms with Gasteiger partial charge in [0, 0.05) is 23.5 Å². The molecule has 0 aliphatic rings. The molecule has 2 aromatic rings. The van der Waals surface area contributed by atoms with E-state index >= 15 is 0 Å². The molecule has 138 valence electrons. The van der Waals surface area contributed by atoms with Crippen molar-refractivity contribution in [2.75, 3.05) is 33.3 Å². The molecule has 2 rings (SSSR count). The Balaban J connectivity index is 2.09. The lowest BCUT2D eigenvalue weighted by Crippen LogP contribution is -2.03. The first kappa shape index (κ1) is 19.8. The summed E-state index contributed by atoms with van der Waals surface area (Å²) in [6, 6.07) is 12.6. The summed E-state index contributed by atoms with van der Waals surface area (Å²) in [6.45, 7) is 0.403. The van der Waals surface area contributed by atoms with Crippen LogP contribution in [0.2, 0.25) is 0 Å². The maximum atomic E-state index is 11.5. The number of hydrogen-bond donors (Lipinski definition) is 0. The topological polar surface area (TPSA) is 54.0 Å². The fourth-order valence-electron chi connectivity index (χ4n) is 2.23. The van der Waals surface area contributed by atoms with Crippen LogP contribution >= 0.6 is 15.9 Å². The van der Waals surface area contributed by atoms with E-state index in [1.807, 2.05) is 18.2 Å². The number of carbonyl (C=O) groups excluding carboxylic acids is 1. The molecule has 0 aliphatic carbocycles. The van der Waals surface area contributed by atoms with Crippen molar-refractivity contribution in [1.82, 2.24) is 0 Å². The van der Waals surface area contributed by atoms with Crippen LogP contribution in [0.15, 0.2) is 48.0 Å². The summed E-state index contributed by atoms with van der Waals surface area (Å²) in [4.78, 5) is 11.5. The van der Waals surface area contributed by atoms with Crippen molar-refractivity contribution < 1.29 is 23.7 Å². The Morgan fingerprint density at radius 1 is 0.962 bits per heavy atom. The lowest BCUT2D eigenvalue weighted by atomic mass is 10.1. The van der Waals surface area contributed by atoms with Gasteiger partial charge >= 0.3 is 5.97 Å². The van der Waals surface area contributed by atoms with Crippen LogP contribution in [0.1, 0.15) is 15.9 Å². The van der Waals surface area contributed by atoms with Crippen LogP contribution in [0.5, 0.6) is 17.2 Å². The van der Waals surface area contributed by atoms with Crippen molar-refractivity contribution in [3.05, 3.63) is 59.2 Å². The number of benzene rings is 2. The third-order valence-corrected chi connectivity index (χ3v) is 4.34. The monoisotopic (exact) mass is 420 g/mol. The zero-order valence-corrected chi connectivity index (χ0v) is 16.5. The zero-order valence-electron chi connectivity index (χ0n) is 15.0. The Hall–Kier alpha value is -2.47. The van der Waals surface area contributed by atoms with Crippen LogP contribution in [0.3, 0.4) is 0 Å². The van der Waals surface area contributed by atoms with E-state index in [-0.39, 0.29) is 5.97 Å². The number of rotatable bonds is 8. The molecule has 2 aromatic carbocycles. The van der Waals surface area contributed by atoms with E-state index in [0.29, 0.717) is 34.7 Å². The summed E-state index contributed by atoms with van der Waals surface area (Å²) in [6.07, 6.45) is 2.01. The highest BCUT2D eigenvalue weighted by Gasteiger charge is 2.06. The summed E-state index contributed by atoms with van der Waals surface area (Å²) in [5.41, 5.74) is 2.53. The molecule has 5 nitrogen and oxygen atoms in total. The highest BCUT2D eigenvalue weighted by atomic mass is 79.9. The minimum atomic E-state index is -0.350. The van der Waals surface area contributed by atoms with Gasteiger partial charge in [-0.05, 0) is 23.3 Å².